The van der Waals surface area contributed by atoms with Crippen LogP contribution in [0.25, 0.3) is 0 Å². The number of hydrogen-bond donors (Lipinski definition) is 2. The van der Waals surface area contributed by atoms with Crippen LogP contribution in [0.4, 0.5) is 5.69 Å². The lowest BCUT2D eigenvalue weighted by molar-refractivity contribution is 0.103. The Labute approximate surface area is 159 Å². The van der Waals surface area contributed by atoms with Gasteiger partial charge < -0.3 is 10.4 Å². The molecule has 0 radical (unpaired) electrons. The highest BCUT2D eigenvalue weighted by Gasteiger charge is 2.35. The summed E-state index contributed by atoms with van der Waals surface area (Å²) >= 11 is 0. The molecule has 1 heterocycles. The molecule has 0 bridgehead atoms. The van der Waals surface area contributed by atoms with Crippen LogP contribution >= 0.6 is 0 Å². The van der Waals surface area contributed by atoms with E-state index in [4.69, 9.17) is 0 Å². The Morgan fingerprint density at radius 1 is 1.37 bits per heavy atom. The molecular formula is C19H25N3O4S. The van der Waals surface area contributed by atoms with Crippen LogP contribution in [-0.4, -0.2) is 41.9 Å². The molecule has 0 amide bonds. The lowest BCUT2D eigenvalue weighted by Gasteiger charge is -2.16. The number of nitrogens with zero attached hydrogens (tertiary/aromatic N) is 2. The van der Waals surface area contributed by atoms with E-state index in [9.17, 15) is 18.3 Å². The quantitative estimate of drug-likeness (QED) is 0.704. The third-order valence-electron chi connectivity index (χ3n) is 4.86. The molecule has 146 valence electrons. The van der Waals surface area contributed by atoms with Crippen molar-refractivity contribution < 1.29 is 18.3 Å². The number of hydrogen-bond acceptors (Lipinski definition) is 6. The molecule has 1 aromatic carbocycles. The predicted molar refractivity (Wildman–Crippen MR) is 103 cm³/mol. The summed E-state index contributed by atoms with van der Waals surface area (Å²) in [6.07, 6.45) is 3.87. The summed E-state index contributed by atoms with van der Waals surface area (Å²) < 4.78 is 25.6. The fourth-order valence-corrected chi connectivity index (χ4v) is 4.15. The summed E-state index contributed by atoms with van der Waals surface area (Å²) in [6, 6.07) is 2.98. The van der Waals surface area contributed by atoms with Crippen molar-refractivity contribution in [2.75, 3.05) is 18.1 Å². The van der Waals surface area contributed by atoms with Crippen LogP contribution in [0.5, 0.6) is 5.88 Å². The first-order valence-corrected chi connectivity index (χ1v) is 10.9. The number of aromatic nitrogens is 2. The predicted octanol–water partition coefficient (Wildman–Crippen LogP) is 2.77. The number of ketones is 1. The number of rotatable bonds is 7. The van der Waals surface area contributed by atoms with Crippen molar-refractivity contribution in [3.63, 3.8) is 0 Å². The molecule has 8 heteroatoms. The second kappa shape index (κ2) is 6.99. The zero-order chi connectivity index (χ0) is 19.9. The molecule has 0 unspecified atom stereocenters. The number of nitrogens with one attached hydrogen (secondary N) is 1. The highest BCUT2D eigenvalue weighted by atomic mass is 32.2. The number of aryl methyl sites for hydroxylation is 1. The zero-order valence-electron chi connectivity index (χ0n) is 16.0. The molecule has 0 aliphatic heterocycles. The number of benzene rings is 1. The molecule has 2 N–H and O–H groups in total. The monoisotopic (exact) mass is 391 g/mol. The van der Waals surface area contributed by atoms with Gasteiger partial charge in [0.05, 0.1) is 16.3 Å². The van der Waals surface area contributed by atoms with Gasteiger partial charge in [0.15, 0.2) is 9.84 Å². The third-order valence-corrected chi connectivity index (χ3v) is 6.00. The van der Waals surface area contributed by atoms with Gasteiger partial charge in [-0.3, -0.25) is 4.79 Å². The van der Waals surface area contributed by atoms with Crippen molar-refractivity contribution in [2.24, 2.45) is 7.05 Å². The maximum atomic E-state index is 13.3. The maximum Gasteiger partial charge on any atom is 0.220 e. The van der Waals surface area contributed by atoms with Gasteiger partial charge in [0, 0.05) is 31.3 Å². The minimum atomic E-state index is -3.45. The Hall–Kier alpha value is -2.35. The van der Waals surface area contributed by atoms with Crippen molar-refractivity contribution in [3.8, 4) is 5.88 Å². The fourth-order valence-electron chi connectivity index (χ4n) is 3.24. The SMILES string of the molecule is CCCNc1c(S(C)(=O)=O)ccc(C(=O)c2c(C3CC3)nn(C)c2O)c1C. The van der Waals surface area contributed by atoms with E-state index in [1.807, 2.05) is 6.92 Å². The molecule has 1 fully saturated rings. The topological polar surface area (TPSA) is 101 Å². The van der Waals surface area contributed by atoms with Crippen molar-refractivity contribution in [1.82, 2.24) is 9.78 Å². The molecule has 0 spiro atoms. The van der Waals surface area contributed by atoms with Gasteiger partial charge in [-0.25, -0.2) is 13.1 Å². The van der Waals surface area contributed by atoms with Gasteiger partial charge in [-0.15, -0.1) is 0 Å². The highest BCUT2D eigenvalue weighted by Crippen LogP contribution is 2.44. The average molecular weight is 391 g/mol. The fraction of sp³-hybridized carbons (Fsp3) is 0.474. The lowest BCUT2D eigenvalue weighted by atomic mass is 9.96. The van der Waals surface area contributed by atoms with E-state index in [1.54, 1.807) is 14.0 Å². The second-order valence-corrected chi connectivity index (χ2v) is 9.11. The Bertz CT molecular complexity index is 1000. The second-order valence-electron chi connectivity index (χ2n) is 7.12. The number of sulfone groups is 1. The zero-order valence-corrected chi connectivity index (χ0v) is 16.9. The van der Waals surface area contributed by atoms with Crippen molar-refractivity contribution in [3.05, 3.63) is 34.5 Å². The maximum absolute atomic E-state index is 13.3. The molecular weight excluding hydrogens is 366 g/mol. The summed E-state index contributed by atoms with van der Waals surface area (Å²) in [5.74, 6) is -0.291. The summed E-state index contributed by atoms with van der Waals surface area (Å²) in [5.41, 5.74) is 2.21. The number of aromatic hydroxyl groups is 1. The smallest absolute Gasteiger partial charge is 0.220 e. The van der Waals surface area contributed by atoms with E-state index >= 15 is 0 Å². The summed E-state index contributed by atoms with van der Waals surface area (Å²) in [6.45, 7) is 4.30. The van der Waals surface area contributed by atoms with Gasteiger partial charge in [0.1, 0.15) is 5.56 Å². The molecule has 2 aromatic rings. The molecule has 1 aliphatic rings. The van der Waals surface area contributed by atoms with Gasteiger partial charge in [0.25, 0.3) is 0 Å². The van der Waals surface area contributed by atoms with E-state index in [2.05, 4.69) is 10.4 Å². The minimum absolute atomic E-state index is 0.156. The van der Waals surface area contributed by atoms with E-state index in [0.717, 1.165) is 25.5 Å². The van der Waals surface area contributed by atoms with Gasteiger partial charge in [0.2, 0.25) is 11.7 Å². The molecule has 3 rings (SSSR count). The molecule has 7 nitrogen and oxygen atoms in total. The van der Waals surface area contributed by atoms with Crippen LogP contribution in [0, 0.1) is 6.92 Å². The number of carbonyl (C=O) groups is 1. The van der Waals surface area contributed by atoms with Crippen molar-refractivity contribution >= 4 is 21.3 Å². The summed E-state index contributed by atoms with van der Waals surface area (Å²) in [4.78, 5) is 13.4. The number of anilines is 1. The Balaban J connectivity index is 2.14. The van der Waals surface area contributed by atoms with Gasteiger partial charge in [-0.05, 0) is 43.9 Å². The van der Waals surface area contributed by atoms with Crippen molar-refractivity contribution in [2.45, 2.75) is 43.9 Å². The number of carbonyl (C=O) groups excluding carboxylic acids is 1. The average Bonchev–Trinajstić information content (AvgIpc) is 3.39. The van der Waals surface area contributed by atoms with Gasteiger partial charge in [-0.2, -0.15) is 5.10 Å². The Morgan fingerprint density at radius 2 is 2.04 bits per heavy atom. The lowest BCUT2D eigenvalue weighted by Crippen LogP contribution is -2.13. The largest absolute Gasteiger partial charge is 0.493 e. The van der Waals surface area contributed by atoms with E-state index in [1.165, 1.54) is 16.8 Å². The molecule has 0 saturated heterocycles. The van der Waals surface area contributed by atoms with Crippen molar-refractivity contribution in [1.29, 1.82) is 0 Å². The minimum Gasteiger partial charge on any atom is -0.493 e. The Kier molecular flexibility index (Phi) is 5.03. The van der Waals surface area contributed by atoms with Crippen LogP contribution in [0.3, 0.4) is 0 Å². The van der Waals surface area contributed by atoms with Crippen LogP contribution in [-0.2, 0) is 16.9 Å². The van der Waals surface area contributed by atoms with E-state index in [-0.39, 0.29) is 28.0 Å². The van der Waals surface area contributed by atoms with Crippen LogP contribution in [0.1, 0.15) is 59.3 Å². The molecule has 0 atom stereocenters. The summed E-state index contributed by atoms with van der Waals surface area (Å²) in [7, 11) is -1.85. The van der Waals surface area contributed by atoms with Gasteiger partial charge >= 0.3 is 0 Å². The molecule has 27 heavy (non-hydrogen) atoms. The van der Waals surface area contributed by atoms with Crippen LogP contribution < -0.4 is 5.32 Å². The molecule has 1 saturated carbocycles. The van der Waals surface area contributed by atoms with Gasteiger partial charge in [-0.1, -0.05) is 6.92 Å². The summed E-state index contributed by atoms with van der Waals surface area (Å²) in [5, 5.41) is 17.8. The third kappa shape index (κ3) is 3.58. The molecule has 1 aliphatic carbocycles. The first kappa shape index (κ1) is 19.4. The van der Waals surface area contributed by atoms with Crippen LogP contribution in [0.15, 0.2) is 17.0 Å². The Morgan fingerprint density at radius 3 is 2.59 bits per heavy atom. The molecule has 1 aromatic heterocycles. The first-order chi connectivity index (χ1) is 12.7. The van der Waals surface area contributed by atoms with Crippen LogP contribution in [0.2, 0.25) is 0 Å². The standard InChI is InChI=1S/C19H25N3O4S/c1-5-10-20-16-11(2)13(8-9-14(16)27(4,25)26)18(23)15-17(12-6-7-12)21-22(3)19(15)24/h8-9,12,20,24H,5-7,10H2,1-4H3. The van der Waals surface area contributed by atoms with E-state index in [0.29, 0.717) is 29.1 Å². The highest BCUT2D eigenvalue weighted by molar-refractivity contribution is 7.90. The first-order valence-electron chi connectivity index (χ1n) is 9.04. The normalized spacial score (nSPS) is 14.4. The van der Waals surface area contributed by atoms with E-state index < -0.39 is 9.84 Å².